The molecule has 4 heterocycles. The highest BCUT2D eigenvalue weighted by atomic mass is 32.2. The fraction of sp³-hybridized carbons (Fsp3) is 0.545. The predicted molar refractivity (Wildman–Crippen MR) is 233 cm³/mol. The number of carbonyl (C=O) groups is 5. The highest BCUT2D eigenvalue weighted by Crippen LogP contribution is 2.67. The van der Waals surface area contributed by atoms with Gasteiger partial charge >= 0.3 is 19.4 Å². The zero-order valence-corrected chi connectivity index (χ0v) is 38.4. The normalized spacial score (nSPS) is 22.8. The van der Waals surface area contributed by atoms with Gasteiger partial charge in [-0.1, -0.05) is 81.8 Å². The molecule has 3 aliphatic heterocycles. The summed E-state index contributed by atoms with van der Waals surface area (Å²) in [6.45, 7) is 7.04. The summed E-state index contributed by atoms with van der Waals surface area (Å²) < 4.78 is 66.8. The first-order chi connectivity index (χ1) is 29.8. The summed E-state index contributed by atoms with van der Waals surface area (Å²) in [5.41, 5.74) is -4.81. The molecular weight excluding hydrogens is 878 g/mol. The number of thioether (sulfide) groups is 1. The van der Waals surface area contributed by atoms with Gasteiger partial charge in [0.25, 0.3) is 5.91 Å². The smallest absolute Gasteiger partial charge is 0.432 e. The molecule has 1 aromatic heterocycles. The molecule has 6 atom stereocenters. The molecule has 63 heavy (non-hydrogen) atoms. The van der Waals surface area contributed by atoms with E-state index in [0.29, 0.717) is 36.9 Å². The van der Waals surface area contributed by atoms with Crippen molar-refractivity contribution in [3.05, 3.63) is 70.6 Å². The number of hydrogen-bond acceptors (Lipinski definition) is 13. The van der Waals surface area contributed by atoms with Gasteiger partial charge in [0.1, 0.15) is 12.1 Å². The molecule has 14 nitrogen and oxygen atoms in total. The molecule has 19 heteroatoms. The number of benzene rings is 2. The second kappa shape index (κ2) is 20.2. The van der Waals surface area contributed by atoms with Crippen LogP contribution in [0.4, 0.5) is 13.6 Å². The molecule has 0 radical (unpaired) electrons. The van der Waals surface area contributed by atoms with E-state index in [0.717, 1.165) is 53.6 Å². The van der Waals surface area contributed by atoms with Crippen LogP contribution in [0.3, 0.4) is 0 Å². The van der Waals surface area contributed by atoms with Crippen molar-refractivity contribution in [2.45, 2.75) is 109 Å². The minimum absolute atomic E-state index is 0.118. The zero-order chi connectivity index (χ0) is 45.7. The van der Waals surface area contributed by atoms with Gasteiger partial charge in [-0.15, -0.1) is 11.3 Å². The number of rotatable bonds is 14. The number of nitrogens with one attached hydrogen (secondary N) is 1. The highest BCUT2D eigenvalue weighted by Gasteiger charge is 2.56. The van der Waals surface area contributed by atoms with Crippen molar-refractivity contribution in [2.24, 2.45) is 11.3 Å². The standard InChI is InChI=1S/C44H53F2N4O10PS2/c1-27(2)60-42(55)57-26-59-61(56,58-19-20-62-41(54)43(3,4)5)44(45,46)31-15-18-36-29(21-31)22-37(63-36)38(51)48-34-14-10-9-13-32-16-17-35(50(32)39(34)52)40(53)49-24-30(23-47)33(25-49)28-11-7-6-8-12-28/h6-8,11-12,15,18,21-22,27,30,32-35H,9-10,13-14,16-17,19-20,24-26H2,1-5H3,(H,48,51)/t30-,32-,33+,34-,35-,61?/m0/s1. The van der Waals surface area contributed by atoms with Crippen LogP contribution >= 0.6 is 30.7 Å². The molecule has 3 fully saturated rings. The van der Waals surface area contributed by atoms with Crippen LogP contribution in [0.1, 0.15) is 99.9 Å². The van der Waals surface area contributed by atoms with E-state index in [9.17, 15) is 33.8 Å². The van der Waals surface area contributed by atoms with Crippen molar-refractivity contribution in [3.8, 4) is 6.07 Å². The first-order valence-electron chi connectivity index (χ1n) is 21.0. The van der Waals surface area contributed by atoms with Crippen molar-refractivity contribution >= 4 is 69.8 Å². The predicted octanol–water partition coefficient (Wildman–Crippen LogP) is 8.80. The molecule has 0 saturated carbocycles. The Balaban J connectivity index is 1.16. The first kappa shape index (κ1) is 48.1. The van der Waals surface area contributed by atoms with Crippen LogP contribution in [-0.2, 0) is 43.1 Å². The van der Waals surface area contributed by atoms with Crippen LogP contribution in [0, 0.1) is 22.7 Å². The summed E-state index contributed by atoms with van der Waals surface area (Å²) in [5.74, 6) is -1.82. The second-order valence-electron chi connectivity index (χ2n) is 17.2. The van der Waals surface area contributed by atoms with Crippen LogP contribution in [0.2, 0.25) is 0 Å². The Hall–Kier alpha value is -4.40. The molecule has 3 amide bonds. The Labute approximate surface area is 373 Å². The van der Waals surface area contributed by atoms with Gasteiger partial charge in [-0.05, 0) is 68.7 Å². The monoisotopic (exact) mass is 930 g/mol. The average Bonchev–Trinajstić information content (AvgIpc) is 3.99. The number of thiophene rings is 1. The molecule has 2 aromatic carbocycles. The minimum Gasteiger partial charge on any atom is -0.432 e. The van der Waals surface area contributed by atoms with Crippen LogP contribution in [-0.4, -0.2) is 95.3 Å². The Morgan fingerprint density at radius 2 is 1.73 bits per heavy atom. The topological polar surface area (TPSA) is 182 Å². The molecule has 3 aromatic rings. The summed E-state index contributed by atoms with van der Waals surface area (Å²) >= 11 is 1.83. The number of fused-ring (bicyclic) bond motifs is 2. The first-order valence-corrected chi connectivity index (χ1v) is 24.4. The molecule has 3 saturated heterocycles. The lowest BCUT2D eigenvalue weighted by atomic mass is 9.90. The van der Waals surface area contributed by atoms with Crippen molar-refractivity contribution in [3.63, 3.8) is 0 Å². The quantitative estimate of drug-likeness (QED) is 0.0703. The summed E-state index contributed by atoms with van der Waals surface area (Å²) in [5, 5.41) is 12.8. The van der Waals surface area contributed by atoms with Gasteiger partial charge in [-0.2, -0.15) is 14.0 Å². The van der Waals surface area contributed by atoms with Gasteiger partial charge in [0.15, 0.2) is 5.12 Å². The fourth-order valence-electron chi connectivity index (χ4n) is 8.08. The number of likely N-dealkylation sites (tertiary alicyclic amines) is 1. The van der Waals surface area contributed by atoms with E-state index in [1.54, 1.807) is 44.4 Å². The third kappa shape index (κ3) is 11.1. The van der Waals surface area contributed by atoms with Gasteiger partial charge in [0.05, 0.1) is 29.6 Å². The molecule has 1 unspecified atom stereocenters. The van der Waals surface area contributed by atoms with E-state index >= 15 is 8.78 Å². The lowest BCUT2D eigenvalue weighted by Crippen LogP contribution is -2.56. The number of ether oxygens (including phenoxy) is 2. The van der Waals surface area contributed by atoms with Crippen molar-refractivity contribution < 1.29 is 55.8 Å². The Morgan fingerprint density at radius 1 is 1.00 bits per heavy atom. The lowest BCUT2D eigenvalue weighted by Gasteiger charge is -2.36. The van der Waals surface area contributed by atoms with Crippen molar-refractivity contribution in [1.29, 1.82) is 5.26 Å². The molecule has 0 bridgehead atoms. The largest absolute Gasteiger partial charge is 0.510 e. The van der Waals surface area contributed by atoms with E-state index in [4.69, 9.17) is 18.5 Å². The fourth-order valence-corrected chi connectivity index (χ4v) is 11.3. The highest BCUT2D eigenvalue weighted by molar-refractivity contribution is 8.13. The molecule has 0 aliphatic carbocycles. The van der Waals surface area contributed by atoms with Gasteiger partial charge in [-0.25, -0.2) is 4.79 Å². The molecule has 6 rings (SSSR count). The van der Waals surface area contributed by atoms with E-state index in [2.05, 4.69) is 11.4 Å². The van der Waals surface area contributed by atoms with Crippen LogP contribution in [0.5, 0.6) is 0 Å². The maximum Gasteiger partial charge on any atom is 0.510 e. The van der Waals surface area contributed by atoms with E-state index in [1.807, 2.05) is 30.3 Å². The summed E-state index contributed by atoms with van der Waals surface area (Å²) in [4.78, 5) is 70.1. The molecule has 1 N–H and O–H groups in total. The number of amides is 3. The number of halogens is 2. The number of nitriles is 1. The summed E-state index contributed by atoms with van der Waals surface area (Å²) in [6.07, 6.45) is 1.80. The van der Waals surface area contributed by atoms with Crippen LogP contribution in [0.15, 0.2) is 54.6 Å². The maximum atomic E-state index is 16.3. The number of nitrogens with zero attached hydrogens (tertiary/aromatic N) is 3. The molecular formula is C44H53F2N4O10PS2. The Morgan fingerprint density at radius 3 is 2.43 bits per heavy atom. The molecule has 3 aliphatic rings. The lowest BCUT2D eigenvalue weighted by molar-refractivity contribution is -0.146. The Kier molecular flexibility index (Phi) is 15.4. The van der Waals surface area contributed by atoms with E-state index in [1.165, 1.54) is 12.1 Å². The number of hydrogen-bond donors (Lipinski definition) is 1. The van der Waals surface area contributed by atoms with Gasteiger partial charge in [-0.3, -0.25) is 28.3 Å². The van der Waals surface area contributed by atoms with Gasteiger partial charge < -0.3 is 29.1 Å². The Bertz CT molecular complexity index is 2270. The third-order valence-corrected chi connectivity index (χ3v) is 15.6. The molecule has 0 spiro atoms. The maximum absolute atomic E-state index is 16.3. The van der Waals surface area contributed by atoms with Crippen molar-refractivity contribution in [1.82, 2.24) is 15.1 Å². The zero-order valence-electron chi connectivity index (χ0n) is 35.9. The van der Waals surface area contributed by atoms with E-state index < -0.39 is 67.9 Å². The van der Waals surface area contributed by atoms with Gasteiger partial charge in [0.2, 0.25) is 18.6 Å². The summed E-state index contributed by atoms with van der Waals surface area (Å²) in [6, 6.07) is 14.9. The second-order valence-corrected chi connectivity index (χ2v) is 21.5. The van der Waals surface area contributed by atoms with Gasteiger partial charge in [0, 0.05) is 46.5 Å². The van der Waals surface area contributed by atoms with Crippen molar-refractivity contribution in [2.75, 3.05) is 32.2 Å². The van der Waals surface area contributed by atoms with Crippen LogP contribution in [0.25, 0.3) is 10.1 Å². The van der Waals surface area contributed by atoms with Crippen LogP contribution < -0.4 is 5.32 Å². The third-order valence-electron chi connectivity index (χ3n) is 11.3. The van der Waals surface area contributed by atoms with E-state index in [-0.39, 0.29) is 57.4 Å². The SMILES string of the molecule is CC(C)OC(=O)OCOP(=O)(OCCSC(=O)C(C)(C)C)C(F)(F)c1ccc2sc(C(=O)N[C@H]3CCCC[C@H]4CC[C@@H](C(=O)N5C[C@H](c6ccccc6)[C@@H](C#N)C5)N4C3=O)cc2c1. The number of alkyl halides is 2. The minimum atomic E-state index is -5.47. The number of carbonyl (C=O) groups excluding carboxylic acids is 5. The molecule has 340 valence electrons. The average molecular weight is 931 g/mol. The summed E-state index contributed by atoms with van der Waals surface area (Å²) in [7, 11) is -5.47.